The Bertz CT molecular complexity index is 3930. The van der Waals surface area contributed by atoms with Gasteiger partial charge in [0.25, 0.3) is 0 Å². The van der Waals surface area contributed by atoms with E-state index >= 15 is 0 Å². The number of nitrogens with zero attached hydrogens (tertiary/aromatic N) is 12. The minimum atomic E-state index is -4.95. The Labute approximate surface area is 530 Å². The first-order valence-electron chi connectivity index (χ1n) is 27.6. The second-order valence-electron chi connectivity index (χ2n) is 21.1. The van der Waals surface area contributed by atoms with Crippen LogP contribution in [0, 0.1) is 44.0 Å². The molecule has 0 spiro atoms. The predicted molar refractivity (Wildman–Crippen MR) is 307 cm³/mol. The standard InChI is InChI=1S/C56H53Cl4F7N14O10/c1-24-6-7-29(57)16-38(24)80-54(70-25(2)74-80)52-50(46(48(86)40(20-82)90-52)78-18-36(72-76-78)27-12-32(61)44(59)33(62)13-27)88-22-42(84)68-10-4-5-11-69-43(85)23-89-51-47(79-19-37(73-77-79)28-14-34(63)45(60)35(64)15-28)49(87)41(21-83)91-53(51)55-71-26(3)75-81(55)39-17-30(58)8-9-31(39)56(65,66)67/h6-9,12-19,40-41,46-53,82-83,86-87H,4-5,10-11,20-23H2,1-3H3,(H,68,84)(H,69,85). The highest BCUT2D eigenvalue weighted by Gasteiger charge is 2.52. The van der Waals surface area contributed by atoms with Crippen LogP contribution >= 0.6 is 46.4 Å². The van der Waals surface area contributed by atoms with Crippen molar-refractivity contribution in [2.24, 2.45) is 0 Å². The van der Waals surface area contributed by atoms with E-state index in [-0.39, 0.29) is 76.8 Å². The number of aliphatic hydroxyl groups is 4. The number of ether oxygens (including phenoxy) is 4. The molecule has 24 nitrogen and oxygen atoms in total. The zero-order valence-corrected chi connectivity index (χ0v) is 50.6. The number of carbonyl (C=O) groups is 2. The molecule has 0 aliphatic carbocycles. The summed E-state index contributed by atoms with van der Waals surface area (Å²) in [5, 5.41) is 73.9. The number of aromatic nitrogens is 12. The number of hydrogen-bond donors (Lipinski definition) is 6. The van der Waals surface area contributed by atoms with Gasteiger partial charge in [-0.1, -0.05) is 62.9 Å². The van der Waals surface area contributed by atoms with Crippen LogP contribution in [0.2, 0.25) is 20.1 Å². The van der Waals surface area contributed by atoms with E-state index in [1.807, 2.05) is 0 Å². The van der Waals surface area contributed by atoms with E-state index in [4.69, 9.17) is 65.4 Å². The van der Waals surface area contributed by atoms with Crippen LogP contribution in [0.4, 0.5) is 30.7 Å². The predicted octanol–water partition coefficient (Wildman–Crippen LogP) is 7.03. The molecule has 10 unspecified atom stereocenters. The molecular formula is C56H53Cl4F7N14O10. The summed E-state index contributed by atoms with van der Waals surface area (Å²) >= 11 is 24.1. The summed E-state index contributed by atoms with van der Waals surface area (Å²) in [6, 6.07) is 8.51. The molecule has 91 heavy (non-hydrogen) atoms. The smallest absolute Gasteiger partial charge is 0.394 e. The third kappa shape index (κ3) is 14.4. The Kier molecular flexibility index (Phi) is 20.4. The van der Waals surface area contributed by atoms with E-state index in [1.54, 1.807) is 32.0 Å². The molecule has 0 saturated carbocycles. The molecule has 2 aliphatic heterocycles. The van der Waals surface area contributed by atoms with Gasteiger partial charge >= 0.3 is 6.18 Å². The molecular weight excluding hydrogens is 1300 g/mol. The number of rotatable bonds is 21. The van der Waals surface area contributed by atoms with Crippen LogP contribution in [-0.4, -0.2) is 168 Å². The normalized spacial score (nSPS) is 22.0. The first kappa shape index (κ1) is 66.6. The second-order valence-corrected chi connectivity index (χ2v) is 22.7. The van der Waals surface area contributed by atoms with Crippen molar-refractivity contribution in [1.82, 2.24) is 70.2 Å². The SMILES string of the molecule is Cc1nc(C2OC(CO)C(O)C(n3cc(-c4cc(F)c(Cl)c(F)c4)nn3)C2OCC(=O)NCCCCNC(=O)COC2C(c3nc(C)nn3-c3cc(Cl)ccc3C(F)(F)F)OC(CO)C(O)C2n2cc(-c3cc(F)c(Cl)c(F)c3)nn2)n(-c2cc(Cl)ccc2C)n1. The second kappa shape index (κ2) is 27.9. The highest BCUT2D eigenvalue weighted by molar-refractivity contribution is 6.31. The summed E-state index contributed by atoms with van der Waals surface area (Å²) in [6.07, 6.45) is -14.4. The Hall–Kier alpha value is -7.27. The van der Waals surface area contributed by atoms with E-state index in [0.29, 0.717) is 16.3 Å². The number of aryl methyl sites for hydroxylation is 3. The van der Waals surface area contributed by atoms with E-state index < -0.39 is 150 Å². The first-order chi connectivity index (χ1) is 43.3. The molecule has 2 aliphatic rings. The van der Waals surface area contributed by atoms with Gasteiger partial charge in [0.1, 0.15) is 130 Å². The summed E-state index contributed by atoms with van der Waals surface area (Å²) in [6.45, 7) is 1.64. The van der Waals surface area contributed by atoms with E-state index in [9.17, 15) is 60.7 Å². The fourth-order valence-corrected chi connectivity index (χ4v) is 11.1. The van der Waals surface area contributed by atoms with Crippen LogP contribution in [0.25, 0.3) is 33.9 Å². The third-order valence-electron chi connectivity index (χ3n) is 14.9. The Morgan fingerprint density at radius 1 is 0.615 bits per heavy atom. The van der Waals surface area contributed by atoms with Gasteiger partial charge < -0.3 is 50.0 Å². The molecule has 10 rings (SSSR count). The lowest BCUT2D eigenvalue weighted by molar-refractivity contribution is -0.223. The van der Waals surface area contributed by atoms with Crippen molar-refractivity contribution in [2.45, 2.75) is 101 Å². The lowest BCUT2D eigenvalue weighted by Gasteiger charge is -2.43. The summed E-state index contributed by atoms with van der Waals surface area (Å²) in [4.78, 5) is 36.3. The van der Waals surface area contributed by atoms with Gasteiger partial charge in [-0.05, 0) is 93.8 Å². The van der Waals surface area contributed by atoms with Gasteiger partial charge in [0.2, 0.25) is 11.8 Å². The van der Waals surface area contributed by atoms with Gasteiger partial charge in [-0.15, -0.1) is 10.2 Å². The van der Waals surface area contributed by atoms with Crippen LogP contribution in [0.5, 0.6) is 0 Å². The van der Waals surface area contributed by atoms with Gasteiger partial charge in [-0.2, -0.15) is 23.4 Å². The zero-order chi connectivity index (χ0) is 65.3. The van der Waals surface area contributed by atoms with Crippen molar-refractivity contribution in [3.8, 4) is 33.9 Å². The molecule has 8 aromatic rings. The quantitative estimate of drug-likeness (QED) is 0.0239. The maximum absolute atomic E-state index is 14.6. The molecule has 0 bridgehead atoms. The summed E-state index contributed by atoms with van der Waals surface area (Å²) in [5.41, 5.74) is -1.01. The van der Waals surface area contributed by atoms with Crippen LogP contribution in [0.15, 0.2) is 73.1 Å². The summed E-state index contributed by atoms with van der Waals surface area (Å²) < 4.78 is 132. The summed E-state index contributed by atoms with van der Waals surface area (Å²) in [5.74, 6) is -5.93. The highest BCUT2D eigenvalue weighted by Crippen LogP contribution is 2.44. The number of benzene rings is 4. The van der Waals surface area contributed by atoms with Crippen molar-refractivity contribution in [2.75, 3.05) is 39.5 Å². The minimum absolute atomic E-state index is 0.0185. The van der Waals surface area contributed by atoms with Gasteiger partial charge in [0, 0.05) is 34.3 Å². The molecule has 4 aromatic carbocycles. The van der Waals surface area contributed by atoms with Crippen molar-refractivity contribution in [3.05, 3.63) is 151 Å². The summed E-state index contributed by atoms with van der Waals surface area (Å²) in [7, 11) is 0. The molecule has 2 amide bonds. The van der Waals surface area contributed by atoms with Crippen LogP contribution < -0.4 is 10.6 Å². The minimum Gasteiger partial charge on any atom is -0.394 e. The van der Waals surface area contributed by atoms with Gasteiger partial charge in [-0.3, -0.25) is 9.59 Å². The number of carbonyl (C=O) groups excluding carboxylic acids is 2. The topological polar surface area (TPSA) is 299 Å². The number of unbranched alkanes of at least 4 members (excludes halogenated alkanes) is 1. The lowest BCUT2D eigenvalue weighted by atomic mass is 9.91. The molecule has 10 atom stereocenters. The maximum Gasteiger partial charge on any atom is 0.418 e. The van der Waals surface area contributed by atoms with Crippen molar-refractivity contribution in [3.63, 3.8) is 0 Å². The number of alkyl halides is 3. The van der Waals surface area contributed by atoms with Crippen LogP contribution in [0.3, 0.4) is 0 Å². The third-order valence-corrected chi connectivity index (χ3v) is 16.1. The van der Waals surface area contributed by atoms with Crippen LogP contribution in [-0.2, 0) is 34.7 Å². The molecule has 484 valence electrons. The molecule has 0 radical (unpaired) electrons. The van der Waals surface area contributed by atoms with E-state index in [2.05, 4.69) is 51.4 Å². The Morgan fingerprint density at radius 2 is 1.02 bits per heavy atom. The van der Waals surface area contributed by atoms with E-state index in [0.717, 1.165) is 62.7 Å². The number of amides is 2. The van der Waals surface area contributed by atoms with Gasteiger partial charge in [-0.25, -0.2) is 46.3 Å². The van der Waals surface area contributed by atoms with Crippen LogP contribution in [0.1, 0.15) is 71.6 Å². The fraction of sp³-hybridized carbons (Fsp3) is 0.393. The Morgan fingerprint density at radius 3 is 1.44 bits per heavy atom. The number of halogens is 11. The highest BCUT2D eigenvalue weighted by atomic mass is 35.5. The molecule has 2 fully saturated rings. The number of nitrogens with one attached hydrogen (secondary N) is 2. The lowest BCUT2D eigenvalue weighted by Crippen LogP contribution is -2.54. The van der Waals surface area contributed by atoms with Gasteiger partial charge in [0.05, 0.1) is 42.5 Å². The van der Waals surface area contributed by atoms with Crippen molar-refractivity contribution < 1.29 is 79.7 Å². The zero-order valence-electron chi connectivity index (χ0n) is 47.6. The molecule has 2 saturated heterocycles. The molecule has 6 N–H and O–H groups in total. The van der Waals surface area contributed by atoms with Crippen molar-refractivity contribution in [1.29, 1.82) is 0 Å². The largest absolute Gasteiger partial charge is 0.418 e. The molecule has 35 heteroatoms. The average molecular weight is 1360 g/mol. The average Bonchev–Trinajstić information content (AvgIpc) is 1.74. The fourth-order valence-electron chi connectivity index (χ4n) is 10.6. The van der Waals surface area contributed by atoms with Crippen molar-refractivity contribution >= 4 is 58.2 Å². The Balaban J connectivity index is 0.838. The first-order valence-corrected chi connectivity index (χ1v) is 29.1. The van der Waals surface area contributed by atoms with Gasteiger partial charge in [0.15, 0.2) is 11.6 Å². The molecule has 6 heterocycles. The number of hydrogen-bond acceptors (Lipinski definition) is 18. The monoisotopic (exact) mass is 1350 g/mol. The van der Waals surface area contributed by atoms with E-state index in [1.165, 1.54) is 17.8 Å². The number of aliphatic hydroxyl groups excluding tert-OH is 4. The molecule has 4 aromatic heterocycles. The maximum atomic E-state index is 14.6.